The number of carbonyl (C=O) groups excluding carboxylic acids is 1. The van der Waals surface area contributed by atoms with Crippen LogP contribution >= 0.6 is 11.6 Å². The van der Waals surface area contributed by atoms with Crippen molar-refractivity contribution in [2.24, 2.45) is 0 Å². The molecule has 0 unspecified atom stereocenters. The molecule has 0 spiro atoms. The number of hydrazine groups is 1. The third kappa shape index (κ3) is 3.21. The van der Waals surface area contributed by atoms with Crippen LogP contribution in [0.3, 0.4) is 0 Å². The Balaban J connectivity index is 2.13. The van der Waals surface area contributed by atoms with Gasteiger partial charge in [0, 0.05) is 18.3 Å². The molecule has 8 heteroatoms. The van der Waals surface area contributed by atoms with E-state index in [9.17, 15) is 14.9 Å². The van der Waals surface area contributed by atoms with Crippen molar-refractivity contribution in [2.75, 3.05) is 5.43 Å². The number of benzene rings is 1. The van der Waals surface area contributed by atoms with Crippen molar-refractivity contribution in [1.82, 2.24) is 10.4 Å². The highest BCUT2D eigenvalue weighted by Crippen LogP contribution is 2.21. The van der Waals surface area contributed by atoms with Gasteiger partial charge in [0.25, 0.3) is 11.6 Å². The summed E-state index contributed by atoms with van der Waals surface area (Å²) >= 11 is 5.85. The summed E-state index contributed by atoms with van der Waals surface area (Å²) in [5.41, 5.74) is 4.74. The highest BCUT2D eigenvalue weighted by atomic mass is 35.5. The third-order valence-corrected chi connectivity index (χ3v) is 2.70. The normalized spacial score (nSPS) is 9.85. The zero-order chi connectivity index (χ0) is 14.5. The van der Waals surface area contributed by atoms with E-state index in [0.717, 1.165) is 6.07 Å². The maximum absolute atomic E-state index is 11.9. The van der Waals surface area contributed by atoms with Gasteiger partial charge in [-0.3, -0.25) is 25.8 Å². The predicted molar refractivity (Wildman–Crippen MR) is 73.4 cm³/mol. The van der Waals surface area contributed by atoms with E-state index in [1.54, 1.807) is 24.4 Å². The van der Waals surface area contributed by atoms with Crippen LogP contribution in [0.15, 0.2) is 42.6 Å². The molecular formula is C12H9ClN4O3. The molecule has 0 aliphatic rings. The van der Waals surface area contributed by atoms with Crippen LogP contribution in [0, 0.1) is 10.1 Å². The van der Waals surface area contributed by atoms with Crippen molar-refractivity contribution < 1.29 is 9.72 Å². The lowest BCUT2D eigenvalue weighted by atomic mass is 10.2. The van der Waals surface area contributed by atoms with Gasteiger partial charge in [0.15, 0.2) is 0 Å². The van der Waals surface area contributed by atoms with Gasteiger partial charge in [-0.1, -0.05) is 17.7 Å². The number of rotatable bonds is 4. The summed E-state index contributed by atoms with van der Waals surface area (Å²) in [6.45, 7) is 0. The number of halogens is 1. The van der Waals surface area contributed by atoms with E-state index in [2.05, 4.69) is 15.8 Å². The first-order chi connectivity index (χ1) is 9.58. The highest BCUT2D eigenvalue weighted by Gasteiger charge is 2.15. The summed E-state index contributed by atoms with van der Waals surface area (Å²) in [5, 5.41) is 10.8. The number of nitrogens with one attached hydrogen (secondary N) is 2. The zero-order valence-corrected chi connectivity index (χ0v) is 10.8. The van der Waals surface area contributed by atoms with Crippen LogP contribution in [0.25, 0.3) is 0 Å². The molecule has 20 heavy (non-hydrogen) atoms. The van der Waals surface area contributed by atoms with E-state index in [1.165, 1.54) is 12.1 Å². The largest absolute Gasteiger partial charge is 0.282 e. The molecule has 0 aliphatic heterocycles. The first kappa shape index (κ1) is 13.8. The Morgan fingerprint density at radius 2 is 2.10 bits per heavy atom. The number of non-ortho nitro benzene ring substituents is 1. The molecule has 0 aliphatic carbocycles. The van der Waals surface area contributed by atoms with Crippen LogP contribution in [-0.2, 0) is 0 Å². The first-order valence-corrected chi connectivity index (χ1v) is 5.87. The Bertz CT molecular complexity index is 648. The number of hydrogen-bond acceptors (Lipinski definition) is 5. The van der Waals surface area contributed by atoms with Gasteiger partial charge >= 0.3 is 0 Å². The predicted octanol–water partition coefficient (Wildman–Crippen LogP) is 2.40. The number of hydrogen-bond donors (Lipinski definition) is 2. The Labute approximate surface area is 118 Å². The molecule has 2 aromatic rings. The van der Waals surface area contributed by atoms with Crippen LogP contribution in [0.1, 0.15) is 10.4 Å². The minimum Gasteiger partial charge on any atom is -0.282 e. The minimum atomic E-state index is -0.598. The van der Waals surface area contributed by atoms with E-state index in [4.69, 9.17) is 11.6 Å². The molecule has 0 bridgehead atoms. The fourth-order valence-electron chi connectivity index (χ4n) is 1.43. The maximum atomic E-state index is 11.9. The minimum absolute atomic E-state index is 0.00398. The lowest BCUT2D eigenvalue weighted by molar-refractivity contribution is -0.384. The van der Waals surface area contributed by atoms with Crippen LogP contribution in [0.5, 0.6) is 0 Å². The van der Waals surface area contributed by atoms with Crippen LogP contribution in [0.2, 0.25) is 5.02 Å². The number of aromatic nitrogens is 1. The average Bonchev–Trinajstić information content (AvgIpc) is 2.46. The quantitative estimate of drug-likeness (QED) is 0.666. The molecule has 2 N–H and O–H groups in total. The second-order valence-electron chi connectivity index (χ2n) is 3.72. The summed E-state index contributed by atoms with van der Waals surface area (Å²) in [6.07, 6.45) is 1.55. The van der Waals surface area contributed by atoms with Crippen LogP contribution in [-0.4, -0.2) is 15.8 Å². The molecule has 1 amide bonds. The molecule has 0 saturated heterocycles. The summed E-state index contributed by atoms with van der Waals surface area (Å²) in [7, 11) is 0. The van der Waals surface area contributed by atoms with Gasteiger partial charge in [-0.25, -0.2) is 4.98 Å². The van der Waals surface area contributed by atoms with Crippen LogP contribution < -0.4 is 10.9 Å². The van der Waals surface area contributed by atoms with Gasteiger partial charge in [-0.05, 0) is 18.2 Å². The zero-order valence-electron chi connectivity index (χ0n) is 10.0. The van der Waals surface area contributed by atoms with Gasteiger partial charge in [-0.15, -0.1) is 0 Å². The highest BCUT2D eigenvalue weighted by molar-refractivity contribution is 6.34. The standard InChI is InChI=1S/C12H9ClN4O3/c13-10-5-4-8(17(19)20)7-9(10)12(18)16-15-11-3-1-2-6-14-11/h1-7H,(H,14,15)(H,16,18). The van der Waals surface area contributed by atoms with Crippen LogP contribution in [0.4, 0.5) is 11.5 Å². The lowest BCUT2D eigenvalue weighted by Gasteiger charge is -2.08. The molecular weight excluding hydrogens is 284 g/mol. The fraction of sp³-hybridized carbons (Fsp3) is 0. The second kappa shape index (κ2) is 5.98. The van der Waals surface area contributed by atoms with Crippen molar-refractivity contribution in [3.63, 3.8) is 0 Å². The van der Waals surface area contributed by atoms with E-state index in [0.29, 0.717) is 5.82 Å². The molecule has 2 rings (SSSR count). The monoisotopic (exact) mass is 292 g/mol. The number of amides is 1. The molecule has 1 aromatic heterocycles. The van der Waals surface area contributed by atoms with Gasteiger partial charge in [-0.2, -0.15) is 0 Å². The van der Waals surface area contributed by atoms with E-state index >= 15 is 0 Å². The lowest BCUT2D eigenvalue weighted by Crippen LogP contribution is -2.30. The van der Waals surface area contributed by atoms with Crippen molar-refractivity contribution in [2.45, 2.75) is 0 Å². The number of carbonyl (C=O) groups is 1. The Morgan fingerprint density at radius 3 is 2.75 bits per heavy atom. The van der Waals surface area contributed by atoms with Crippen molar-refractivity contribution in [3.8, 4) is 0 Å². The molecule has 102 valence electrons. The molecule has 7 nitrogen and oxygen atoms in total. The number of nitrogens with zero attached hydrogens (tertiary/aromatic N) is 2. The molecule has 1 aromatic carbocycles. The summed E-state index contributed by atoms with van der Waals surface area (Å²) in [6, 6.07) is 8.75. The van der Waals surface area contributed by atoms with Crippen molar-refractivity contribution in [1.29, 1.82) is 0 Å². The van der Waals surface area contributed by atoms with E-state index in [-0.39, 0.29) is 16.3 Å². The Kier molecular flexibility index (Phi) is 4.11. The van der Waals surface area contributed by atoms with Crippen molar-refractivity contribution >= 4 is 29.0 Å². The van der Waals surface area contributed by atoms with Gasteiger partial charge in [0.05, 0.1) is 15.5 Å². The maximum Gasteiger partial charge on any atom is 0.271 e. The first-order valence-electron chi connectivity index (χ1n) is 5.49. The third-order valence-electron chi connectivity index (χ3n) is 2.37. The van der Waals surface area contributed by atoms with Crippen molar-refractivity contribution in [3.05, 3.63) is 63.3 Å². The summed E-state index contributed by atoms with van der Waals surface area (Å²) in [4.78, 5) is 25.9. The molecule has 0 radical (unpaired) electrons. The fourth-order valence-corrected chi connectivity index (χ4v) is 1.63. The number of nitro benzene ring substituents is 1. The van der Waals surface area contributed by atoms with Gasteiger partial charge in [0.2, 0.25) is 0 Å². The summed E-state index contributed by atoms with van der Waals surface area (Å²) in [5.74, 6) is -0.160. The van der Waals surface area contributed by atoms with Gasteiger partial charge < -0.3 is 0 Å². The topological polar surface area (TPSA) is 97.2 Å². The SMILES string of the molecule is O=C(NNc1ccccn1)c1cc([N+](=O)[O-])ccc1Cl. The molecule has 1 heterocycles. The average molecular weight is 293 g/mol. The molecule has 0 saturated carbocycles. The molecule has 0 fully saturated rings. The number of anilines is 1. The van der Waals surface area contributed by atoms with E-state index < -0.39 is 10.8 Å². The number of pyridine rings is 1. The molecule has 0 atom stereocenters. The Morgan fingerprint density at radius 1 is 1.30 bits per heavy atom. The Hall–Kier alpha value is -2.67. The second-order valence-corrected chi connectivity index (χ2v) is 4.12. The summed E-state index contributed by atoms with van der Waals surface area (Å²) < 4.78 is 0. The van der Waals surface area contributed by atoms with E-state index in [1.807, 2.05) is 0 Å². The number of nitro groups is 1. The van der Waals surface area contributed by atoms with Gasteiger partial charge in [0.1, 0.15) is 5.82 Å². The smallest absolute Gasteiger partial charge is 0.271 e.